The van der Waals surface area contributed by atoms with Gasteiger partial charge in [-0.05, 0) is 24.6 Å². The molecule has 0 saturated carbocycles. The van der Waals surface area contributed by atoms with Crippen LogP contribution in [0.3, 0.4) is 0 Å². The number of hydrogen-bond donors (Lipinski definition) is 3. The first-order chi connectivity index (χ1) is 13.6. The number of carbonyl (C=O) groups is 2. The third-order valence-corrected chi connectivity index (χ3v) is 4.30. The molecule has 7 nitrogen and oxygen atoms in total. The lowest BCUT2D eigenvalue weighted by Crippen LogP contribution is -2.88. The van der Waals surface area contributed by atoms with Gasteiger partial charge in [0.1, 0.15) is 0 Å². The van der Waals surface area contributed by atoms with Gasteiger partial charge in [0, 0.05) is 18.5 Å². The molecule has 2 rings (SSSR count). The third kappa shape index (κ3) is 5.99. The summed E-state index contributed by atoms with van der Waals surface area (Å²) in [6.45, 7) is 2.92. The van der Waals surface area contributed by atoms with E-state index in [4.69, 9.17) is 9.47 Å². The number of hydrogen-bond acceptors (Lipinski definition) is 4. The number of nitrogens with one attached hydrogen (secondary N) is 2. The average molecular weight is 386 g/mol. The molecule has 0 unspecified atom stereocenters. The first-order valence-electron chi connectivity index (χ1n) is 9.26. The van der Waals surface area contributed by atoms with E-state index in [9.17, 15) is 9.59 Å². The zero-order chi connectivity index (χ0) is 20.4. The lowest BCUT2D eigenvalue weighted by atomic mass is 10.1. The van der Waals surface area contributed by atoms with Crippen molar-refractivity contribution in [1.82, 2.24) is 10.6 Å². The maximum absolute atomic E-state index is 12.6. The highest BCUT2D eigenvalue weighted by Gasteiger charge is 2.25. The third-order valence-electron chi connectivity index (χ3n) is 4.30. The van der Waals surface area contributed by atoms with E-state index < -0.39 is 12.1 Å². The van der Waals surface area contributed by atoms with Crippen LogP contribution in [0.4, 0.5) is 4.79 Å². The van der Waals surface area contributed by atoms with Crippen LogP contribution < -0.4 is 25.4 Å². The minimum atomic E-state index is -0.510. The van der Waals surface area contributed by atoms with Crippen molar-refractivity contribution in [3.8, 4) is 11.5 Å². The Labute approximate surface area is 165 Å². The Morgan fingerprint density at radius 3 is 2.39 bits per heavy atom. The van der Waals surface area contributed by atoms with Crippen molar-refractivity contribution in [3.05, 3.63) is 59.7 Å². The number of amides is 3. The van der Waals surface area contributed by atoms with Crippen LogP contribution in [0.1, 0.15) is 24.1 Å². The number of quaternary nitrogens is 1. The molecule has 150 valence electrons. The summed E-state index contributed by atoms with van der Waals surface area (Å²) in [6, 6.07) is 14.2. The quantitative estimate of drug-likeness (QED) is 0.607. The fourth-order valence-corrected chi connectivity index (χ4v) is 2.90. The molecular weight excluding hydrogens is 358 g/mol. The number of carbonyl (C=O) groups excluding carboxylic acids is 2. The van der Waals surface area contributed by atoms with Gasteiger partial charge in [-0.3, -0.25) is 10.1 Å². The first kappa shape index (κ1) is 21.2. The highest BCUT2D eigenvalue weighted by atomic mass is 16.5. The molecule has 0 bridgehead atoms. The van der Waals surface area contributed by atoms with Gasteiger partial charge in [0.25, 0.3) is 5.91 Å². The molecular formula is C21H28N3O4+. The largest absolute Gasteiger partial charge is 0.493 e. The second-order valence-corrected chi connectivity index (χ2v) is 6.20. The lowest BCUT2D eigenvalue weighted by molar-refractivity contribution is -0.682. The zero-order valence-corrected chi connectivity index (χ0v) is 16.5. The molecule has 28 heavy (non-hydrogen) atoms. The van der Waals surface area contributed by atoms with E-state index in [0.29, 0.717) is 24.6 Å². The summed E-state index contributed by atoms with van der Waals surface area (Å²) in [6.07, 6.45) is 0.734. The number of imide groups is 1. The molecule has 7 heteroatoms. The SMILES string of the molecule is CCNC(=O)NC(=O)[C@@H]([NH2+]CCc1ccc(OC)c(OC)c1)c1ccccc1. The van der Waals surface area contributed by atoms with Crippen molar-refractivity contribution < 1.29 is 24.4 Å². The van der Waals surface area contributed by atoms with Crippen molar-refractivity contribution >= 4 is 11.9 Å². The first-order valence-corrected chi connectivity index (χ1v) is 9.26. The second kappa shape index (κ2) is 10.9. The van der Waals surface area contributed by atoms with E-state index in [0.717, 1.165) is 17.5 Å². The van der Waals surface area contributed by atoms with Gasteiger partial charge in [0.15, 0.2) is 17.5 Å². The van der Waals surface area contributed by atoms with Crippen LogP contribution in [0.25, 0.3) is 0 Å². The van der Waals surface area contributed by atoms with E-state index in [1.807, 2.05) is 53.8 Å². The van der Waals surface area contributed by atoms with Gasteiger partial charge in [-0.15, -0.1) is 0 Å². The van der Waals surface area contributed by atoms with Crippen molar-refractivity contribution in [2.24, 2.45) is 0 Å². The summed E-state index contributed by atoms with van der Waals surface area (Å²) >= 11 is 0. The van der Waals surface area contributed by atoms with Gasteiger partial charge in [-0.25, -0.2) is 4.79 Å². The molecule has 3 amide bonds. The Balaban J connectivity index is 2.04. The summed E-state index contributed by atoms with van der Waals surface area (Å²) in [5, 5.41) is 6.91. The maximum atomic E-state index is 12.6. The van der Waals surface area contributed by atoms with E-state index in [2.05, 4.69) is 10.6 Å². The minimum absolute atomic E-state index is 0.343. The number of methoxy groups -OCH3 is 2. The molecule has 0 spiro atoms. The molecule has 2 aromatic rings. The van der Waals surface area contributed by atoms with Crippen LogP contribution >= 0.6 is 0 Å². The monoisotopic (exact) mass is 386 g/mol. The summed E-state index contributed by atoms with van der Waals surface area (Å²) < 4.78 is 10.6. The highest BCUT2D eigenvalue weighted by Crippen LogP contribution is 2.27. The van der Waals surface area contributed by atoms with Gasteiger partial charge in [0.05, 0.1) is 20.8 Å². The van der Waals surface area contributed by atoms with E-state index in [1.165, 1.54) is 0 Å². The molecule has 1 atom stereocenters. The van der Waals surface area contributed by atoms with Crippen LogP contribution in [0.15, 0.2) is 48.5 Å². The summed E-state index contributed by atoms with van der Waals surface area (Å²) in [5.41, 5.74) is 1.92. The van der Waals surface area contributed by atoms with Gasteiger partial charge >= 0.3 is 6.03 Å². The number of ether oxygens (including phenoxy) is 2. The van der Waals surface area contributed by atoms with Gasteiger partial charge in [-0.2, -0.15) is 0 Å². The normalized spacial score (nSPS) is 11.4. The van der Waals surface area contributed by atoms with Crippen LogP contribution in [-0.2, 0) is 11.2 Å². The smallest absolute Gasteiger partial charge is 0.321 e. The van der Waals surface area contributed by atoms with Crippen LogP contribution in [0.2, 0.25) is 0 Å². The Morgan fingerprint density at radius 2 is 1.75 bits per heavy atom. The van der Waals surface area contributed by atoms with Gasteiger partial charge in [0.2, 0.25) is 0 Å². The van der Waals surface area contributed by atoms with E-state index in [-0.39, 0.29) is 5.91 Å². The van der Waals surface area contributed by atoms with Gasteiger partial charge in [-0.1, -0.05) is 36.4 Å². The van der Waals surface area contributed by atoms with Crippen LogP contribution in [-0.4, -0.2) is 39.2 Å². The fourth-order valence-electron chi connectivity index (χ4n) is 2.90. The minimum Gasteiger partial charge on any atom is -0.493 e. The predicted molar refractivity (Wildman–Crippen MR) is 106 cm³/mol. The Kier molecular flexibility index (Phi) is 8.30. The summed E-state index contributed by atoms with van der Waals surface area (Å²) in [5.74, 6) is 1.01. The fraction of sp³-hybridized carbons (Fsp3) is 0.333. The Bertz CT molecular complexity index is 780. The van der Waals surface area contributed by atoms with Crippen molar-refractivity contribution in [2.45, 2.75) is 19.4 Å². The number of nitrogens with two attached hydrogens (primary N) is 1. The summed E-state index contributed by atoms with van der Waals surface area (Å²) in [7, 11) is 3.20. The molecule has 0 aliphatic carbocycles. The van der Waals surface area contributed by atoms with Crippen LogP contribution in [0, 0.1) is 0 Å². The predicted octanol–water partition coefficient (Wildman–Crippen LogP) is 1.40. The van der Waals surface area contributed by atoms with E-state index in [1.54, 1.807) is 21.1 Å². The number of urea groups is 1. The second-order valence-electron chi connectivity index (χ2n) is 6.20. The molecule has 0 aromatic heterocycles. The Morgan fingerprint density at radius 1 is 1.04 bits per heavy atom. The van der Waals surface area contributed by atoms with Crippen molar-refractivity contribution in [1.29, 1.82) is 0 Å². The molecule has 2 aromatic carbocycles. The number of benzene rings is 2. The number of rotatable bonds is 9. The maximum Gasteiger partial charge on any atom is 0.321 e. The standard InChI is InChI=1S/C21H27N3O4/c1-4-22-21(26)24-20(25)19(16-8-6-5-7-9-16)23-13-12-15-10-11-17(27-2)18(14-15)28-3/h5-11,14,19,23H,4,12-13H2,1-3H3,(H2,22,24,25,26)/p+1/t19-/m0/s1. The molecule has 0 aliphatic rings. The molecule has 0 heterocycles. The lowest BCUT2D eigenvalue weighted by Gasteiger charge is -2.16. The zero-order valence-electron chi connectivity index (χ0n) is 16.5. The average Bonchev–Trinajstić information content (AvgIpc) is 2.71. The Hall–Kier alpha value is -3.06. The van der Waals surface area contributed by atoms with Crippen molar-refractivity contribution in [3.63, 3.8) is 0 Å². The molecule has 4 N–H and O–H groups in total. The molecule has 0 radical (unpaired) electrons. The highest BCUT2D eigenvalue weighted by molar-refractivity contribution is 5.96. The molecule has 0 fully saturated rings. The van der Waals surface area contributed by atoms with Crippen LogP contribution in [0.5, 0.6) is 11.5 Å². The topological polar surface area (TPSA) is 93.3 Å². The van der Waals surface area contributed by atoms with E-state index >= 15 is 0 Å². The van der Waals surface area contributed by atoms with Crippen molar-refractivity contribution in [2.75, 3.05) is 27.3 Å². The molecule has 0 saturated heterocycles. The summed E-state index contributed by atoms with van der Waals surface area (Å²) in [4.78, 5) is 24.3. The van der Waals surface area contributed by atoms with Gasteiger partial charge < -0.3 is 20.1 Å². The molecule has 0 aliphatic heterocycles.